The topological polar surface area (TPSA) is 46.5 Å². The van der Waals surface area contributed by atoms with Crippen molar-refractivity contribution in [3.63, 3.8) is 0 Å². The van der Waals surface area contributed by atoms with Crippen LogP contribution in [0.3, 0.4) is 0 Å². The van der Waals surface area contributed by atoms with E-state index in [4.69, 9.17) is 5.26 Å². The summed E-state index contributed by atoms with van der Waals surface area (Å²) in [5.41, 5.74) is 0. The predicted molar refractivity (Wildman–Crippen MR) is 28.2 cm³/mol. The van der Waals surface area contributed by atoms with Gasteiger partial charge in [-0.3, -0.25) is 0 Å². The molecule has 4 heteroatoms. The standard InChI is InChI=1S/C5H10O3.Ti/c1-2-3-4-5(6)8-7;/h7H,2-4H2,1H3;. The maximum absolute atomic E-state index is 10.1. The molecule has 0 aliphatic heterocycles. The molecule has 0 aliphatic rings. The third-order valence-corrected chi connectivity index (χ3v) is 0.836. The number of hydrogen-bond acceptors (Lipinski definition) is 3. The Morgan fingerprint density at radius 2 is 2.22 bits per heavy atom. The van der Waals surface area contributed by atoms with E-state index < -0.39 is 5.97 Å². The molecule has 0 aromatic carbocycles. The van der Waals surface area contributed by atoms with Gasteiger partial charge in [-0.05, 0) is 6.42 Å². The quantitative estimate of drug-likeness (QED) is 0.389. The summed E-state index contributed by atoms with van der Waals surface area (Å²) in [7, 11) is 0. The Hall–Kier alpha value is 0.144. The zero-order valence-corrected chi connectivity index (χ0v) is 6.95. The summed E-state index contributed by atoms with van der Waals surface area (Å²) in [5, 5.41) is 7.71. The van der Waals surface area contributed by atoms with E-state index in [2.05, 4.69) is 4.89 Å². The molecule has 0 saturated heterocycles. The fraction of sp³-hybridized carbons (Fsp3) is 0.800. The maximum atomic E-state index is 10.1. The maximum Gasteiger partial charge on any atom is 0.342 e. The average molecular weight is 166 g/mol. The van der Waals surface area contributed by atoms with Crippen LogP contribution in [0.1, 0.15) is 26.2 Å². The first-order valence-electron chi connectivity index (χ1n) is 2.65. The number of carbonyl (C=O) groups is 1. The van der Waals surface area contributed by atoms with Gasteiger partial charge in [0.25, 0.3) is 0 Å². The van der Waals surface area contributed by atoms with Crippen LogP contribution in [0.4, 0.5) is 0 Å². The van der Waals surface area contributed by atoms with Crippen LogP contribution < -0.4 is 0 Å². The number of rotatable bonds is 3. The molecule has 0 heterocycles. The summed E-state index contributed by atoms with van der Waals surface area (Å²) in [6.45, 7) is 1.96. The van der Waals surface area contributed by atoms with Gasteiger partial charge in [0.15, 0.2) is 0 Å². The van der Waals surface area contributed by atoms with Gasteiger partial charge in [-0.25, -0.2) is 4.79 Å². The van der Waals surface area contributed by atoms with E-state index in [1.54, 1.807) is 0 Å². The van der Waals surface area contributed by atoms with Crippen LogP contribution in [-0.4, -0.2) is 11.2 Å². The van der Waals surface area contributed by atoms with Crippen LogP contribution in [0.5, 0.6) is 0 Å². The largest absolute Gasteiger partial charge is 0.342 e. The van der Waals surface area contributed by atoms with Gasteiger partial charge < -0.3 is 4.89 Å². The van der Waals surface area contributed by atoms with Crippen molar-refractivity contribution in [2.75, 3.05) is 0 Å². The molecule has 0 rings (SSSR count). The number of hydrogen-bond donors (Lipinski definition) is 1. The van der Waals surface area contributed by atoms with Crippen LogP contribution in [0, 0.1) is 0 Å². The summed E-state index contributed by atoms with van der Waals surface area (Å²) in [6, 6.07) is 0. The molecule has 3 nitrogen and oxygen atoms in total. The van der Waals surface area contributed by atoms with Crippen LogP contribution >= 0.6 is 0 Å². The molecule has 0 aromatic heterocycles. The Kier molecular flexibility index (Phi) is 10.8. The average Bonchev–Trinajstić information content (AvgIpc) is 1.83. The van der Waals surface area contributed by atoms with Crippen molar-refractivity contribution in [2.24, 2.45) is 0 Å². The molecular weight excluding hydrogens is 156 g/mol. The van der Waals surface area contributed by atoms with Gasteiger partial charge in [0.2, 0.25) is 0 Å². The van der Waals surface area contributed by atoms with Crippen molar-refractivity contribution in [1.29, 1.82) is 0 Å². The molecule has 0 amide bonds. The minimum atomic E-state index is -0.549. The third kappa shape index (κ3) is 8.14. The Morgan fingerprint density at radius 1 is 1.67 bits per heavy atom. The molecule has 0 saturated carbocycles. The smallest absolute Gasteiger partial charge is 0.301 e. The van der Waals surface area contributed by atoms with Crippen molar-refractivity contribution in [1.82, 2.24) is 0 Å². The molecule has 0 spiro atoms. The second kappa shape index (κ2) is 8.14. The van der Waals surface area contributed by atoms with E-state index in [1.807, 2.05) is 6.92 Å². The van der Waals surface area contributed by atoms with Gasteiger partial charge >= 0.3 is 5.97 Å². The second-order valence-corrected chi connectivity index (χ2v) is 1.57. The van der Waals surface area contributed by atoms with Gasteiger partial charge in [-0.15, -0.1) is 0 Å². The zero-order chi connectivity index (χ0) is 6.41. The van der Waals surface area contributed by atoms with Gasteiger partial charge in [-0.1, -0.05) is 13.3 Å². The zero-order valence-electron chi connectivity index (χ0n) is 5.39. The Bertz CT molecular complexity index is 74.6. The van der Waals surface area contributed by atoms with Crippen molar-refractivity contribution < 1.29 is 36.7 Å². The molecule has 0 aliphatic carbocycles. The van der Waals surface area contributed by atoms with Gasteiger partial charge in [-0.2, -0.15) is 5.26 Å². The fourth-order valence-electron chi connectivity index (χ4n) is 0.367. The summed E-state index contributed by atoms with van der Waals surface area (Å²) in [6.07, 6.45) is 2.03. The van der Waals surface area contributed by atoms with E-state index in [1.165, 1.54) is 0 Å². The molecule has 9 heavy (non-hydrogen) atoms. The normalized spacial score (nSPS) is 7.78. The van der Waals surface area contributed by atoms with E-state index >= 15 is 0 Å². The number of unbranched alkanes of at least 4 members (excludes halogenated alkanes) is 1. The minimum absolute atomic E-state index is 0. The molecule has 0 unspecified atom stereocenters. The van der Waals surface area contributed by atoms with E-state index in [0.29, 0.717) is 6.42 Å². The molecule has 0 radical (unpaired) electrons. The summed E-state index contributed by atoms with van der Waals surface area (Å²) in [5.74, 6) is -0.549. The minimum Gasteiger partial charge on any atom is -0.301 e. The van der Waals surface area contributed by atoms with Crippen LogP contribution in [0.25, 0.3) is 0 Å². The SMILES string of the molecule is CCCCC(=O)OO.[Ti]. The van der Waals surface area contributed by atoms with E-state index in [0.717, 1.165) is 12.8 Å². The first-order valence-corrected chi connectivity index (χ1v) is 2.65. The molecule has 0 bridgehead atoms. The number of carbonyl (C=O) groups excluding carboxylic acids is 1. The van der Waals surface area contributed by atoms with Gasteiger partial charge in [0, 0.05) is 28.1 Å². The van der Waals surface area contributed by atoms with Crippen LogP contribution in [0.15, 0.2) is 0 Å². The van der Waals surface area contributed by atoms with Crippen molar-refractivity contribution in [3.05, 3.63) is 0 Å². The molecule has 1 N–H and O–H groups in total. The van der Waals surface area contributed by atoms with Crippen LogP contribution in [0.2, 0.25) is 0 Å². The van der Waals surface area contributed by atoms with Crippen molar-refractivity contribution >= 4 is 5.97 Å². The van der Waals surface area contributed by atoms with E-state index in [-0.39, 0.29) is 21.7 Å². The molecule has 0 fully saturated rings. The molecule has 52 valence electrons. The second-order valence-electron chi connectivity index (χ2n) is 1.57. The first kappa shape index (κ1) is 11.9. The molecular formula is C5H10O3Ti. The van der Waals surface area contributed by atoms with Crippen molar-refractivity contribution in [2.45, 2.75) is 26.2 Å². The van der Waals surface area contributed by atoms with Crippen molar-refractivity contribution in [3.8, 4) is 0 Å². The third-order valence-electron chi connectivity index (χ3n) is 0.836. The Morgan fingerprint density at radius 3 is 2.56 bits per heavy atom. The van der Waals surface area contributed by atoms with E-state index in [9.17, 15) is 4.79 Å². The molecule has 0 atom stereocenters. The van der Waals surface area contributed by atoms with Crippen LogP contribution in [-0.2, 0) is 31.4 Å². The fourth-order valence-corrected chi connectivity index (χ4v) is 0.367. The summed E-state index contributed by atoms with van der Waals surface area (Å²) in [4.78, 5) is 13.5. The Balaban J connectivity index is 0. The summed E-state index contributed by atoms with van der Waals surface area (Å²) >= 11 is 0. The van der Waals surface area contributed by atoms with Gasteiger partial charge in [0.1, 0.15) is 0 Å². The first-order chi connectivity index (χ1) is 3.81. The van der Waals surface area contributed by atoms with Gasteiger partial charge in [0.05, 0.1) is 0 Å². The Labute approximate surface area is 69.2 Å². The summed E-state index contributed by atoms with van der Waals surface area (Å²) < 4.78 is 0. The predicted octanol–water partition coefficient (Wildman–Crippen LogP) is 1.19. The monoisotopic (exact) mass is 166 g/mol. The molecule has 0 aromatic rings.